The monoisotopic (exact) mass is 195 g/mol. The number of carbonyl (C=O) groups excluding carboxylic acids is 1. The third-order valence-electron chi connectivity index (χ3n) is 1.92. The van der Waals surface area contributed by atoms with E-state index >= 15 is 0 Å². The highest BCUT2D eigenvalue weighted by Crippen LogP contribution is 2.16. The zero-order valence-corrected chi connectivity index (χ0v) is 7.93. The summed E-state index contributed by atoms with van der Waals surface area (Å²) >= 11 is 0. The first-order valence-corrected chi connectivity index (χ1v) is 4.29. The second kappa shape index (κ2) is 4.62. The molecule has 0 heterocycles. The molecule has 0 radical (unpaired) electrons. The maximum Gasteiger partial charge on any atom is 0.405 e. The van der Waals surface area contributed by atoms with Crippen molar-refractivity contribution in [3.63, 3.8) is 0 Å². The summed E-state index contributed by atoms with van der Waals surface area (Å²) in [6.07, 6.45) is -1.15. The normalized spacial score (nSPS) is 12.1. The van der Waals surface area contributed by atoms with E-state index in [1.165, 1.54) is 0 Å². The molecule has 4 heteroatoms. The van der Waals surface area contributed by atoms with Crippen LogP contribution < -0.4 is 5.73 Å². The maximum atomic E-state index is 10.5. The molecule has 76 valence electrons. The second-order valence-corrected chi connectivity index (χ2v) is 2.98. The van der Waals surface area contributed by atoms with E-state index in [2.05, 4.69) is 0 Å². The molecule has 0 aromatic heterocycles. The Bertz CT molecular complexity index is 308. The minimum absolute atomic E-state index is 0.00530. The maximum absolute atomic E-state index is 10.5. The zero-order chi connectivity index (χ0) is 10.6. The lowest BCUT2D eigenvalue weighted by molar-refractivity contribution is 0.116. The molecule has 3 N–H and O–H groups in total. The van der Waals surface area contributed by atoms with E-state index in [-0.39, 0.29) is 12.7 Å². The van der Waals surface area contributed by atoms with E-state index in [9.17, 15) is 4.79 Å². The first-order chi connectivity index (χ1) is 6.63. The molecule has 0 saturated heterocycles. The predicted molar refractivity (Wildman–Crippen MR) is 51.4 cm³/mol. The van der Waals surface area contributed by atoms with Gasteiger partial charge in [-0.05, 0) is 18.1 Å². The van der Waals surface area contributed by atoms with Gasteiger partial charge < -0.3 is 15.6 Å². The number of amides is 1. The van der Waals surface area contributed by atoms with Crippen molar-refractivity contribution >= 4 is 6.09 Å². The van der Waals surface area contributed by atoms with Crippen LogP contribution in [-0.4, -0.2) is 11.2 Å². The number of aliphatic hydroxyl groups excluding tert-OH is 1. The van der Waals surface area contributed by atoms with E-state index in [1.807, 2.05) is 0 Å². The molecule has 0 unspecified atom stereocenters. The van der Waals surface area contributed by atoms with Gasteiger partial charge in [0.2, 0.25) is 0 Å². The molecule has 1 amide bonds. The Hall–Kier alpha value is -1.55. The van der Waals surface area contributed by atoms with Crippen molar-refractivity contribution in [3.05, 3.63) is 35.4 Å². The molecule has 4 nitrogen and oxygen atoms in total. The van der Waals surface area contributed by atoms with Crippen LogP contribution in [0, 0.1) is 0 Å². The predicted octanol–water partition coefficient (Wildman–Crippen LogP) is 1.34. The molecule has 1 rings (SSSR count). The summed E-state index contributed by atoms with van der Waals surface area (Å²) in [5.41, 5.74) is 6.55. The van der Waals surface area contributed by atoms with Gasteiger partial charge in [0.05, 0.1) is 6.61 Å². The lowest BCUT2D eigenvalue weighted by Gasteiger charge is -2.11. The molecule has 1 atom stereocenters. The first kappa shape index (κ1) is 10.5. The summed E-state index contributed by atoms with van der Waals surface area (Å²) in [6.45, 7) is 1.74. The third kappa shape index (κ3) is 2.74. The van der Waals surface area contributed by atoms with Crippen LogP contribution in [0.2, 0.25) is 0 Å². The van der Waals surface area contributed by atoms with Gasteiger partial charge in [-0.1, -0.05) is 24.3 Å². The highest BCUT2D eigenvalue weighted by atomic mass is 16.6. The van der Waals surface area contributed by atoms with Crippen molar-refractivity contribution in [2.24, 2.45) is 5.73 Å². The van der Waals surface area contributed by atoms with Crippen molar-refractivity contribution in [2.75, 3.05) is 0 Å². The van der Waals surface area contributed by atoms with Crippen molar-refractivity contribution < 1.29 is 14.6 Å². The van der Waals surface area contributed by atoms with E-state index < -0.39 is 6.09 Å². The fourth-order valence-electron chi connectivity index (χ4n) is 1.14. The average molecular weight is 195 g/mol. The quantitative estimate of drug-likeness (QED) is 0.764. The molecular weight excluding hydrogens is 182 g/mol. The van der Waals surface area contributed by atoms with Crippen LogP contribution >= 0.6 is 0 Å². The minimum Gasteiger partial charge on any atom is -0.442 e. The molecule has 0 spiro atoms. The molecule has 0 aliphatic heterocycles. The number of hydrogen-bond donors (Lipinski definition) is 2. The van der Waals surface area contributed by atoms with Crippen molar-refractivity contribution in [1.82, 2.24) is 0 Å². The molecule has 1 aromatic rings. The van der Waals surface area contributed by atoms with Gasteiger partial charge in [-0.2, -0.15) is 0 Å². The van der Waals surface area contributed by atoms with E-state index in [4.69, 9.17) is 15.6 Å². The number of ether oxygens (including phenoxy) is 1. The van der Waals surface area contributed by atoms with E-state index in [0.29, 0.717) is 0 Å². The Morgan fingerprint density at radius 1 is 1.50 bits per heavy atom. The number of rotatable bonds is 3. The highest BCUT2D eigenvalue weighted by Gasteiger charge is 2.08. The smallest absolute Gasteiger partial charge is 0.405 e. The van der Waals surface area contributed by atoms with Crippen LogP contribution in [0.1, 0.15) is 24.2 Å². The Morgan fingerprint density at radius 3 is 2.50 bits per heavy atom. The summed E-state index contributed by atoms with van der Waals surface area (Å²) in [4.78, 5) is 10.5. The van der Waals surface area contributed by atoms with Crippen molar-refractivity contribution in [1.29, 1.82) is 0 Å². The third-order valence-corrected chi connectivity index (χ3v) is 1.92. The fraction of sp³-hybridized carbons (Fsp3) is 0.300. The minimum atomic E-state index is -0.788. The molecule has 0 aliphatic carbocycles. The number of aliphatic hydroxyl groups is 1. The molecule has 0 saturated carbocycles. The second-order valence-electron chi connectivity index (χ2n) is 2.98. The van der Waals surface area contributed by atoms with Gasteiger partial charge in [0, 0.05) is 0 Å². The first-order valence-electron chi connectivity index (χ1n) is 4.29. The molecular formula is C10H13NO3. The highest BCUT2D eigenvalue weighted by molar-refractivity contribution is 5.65. The number of carbonyl (C=O) groups is 1. The molecule has 0 fully saturated rings. The zero-order valence-electron chi connectivity index (χ0n) is 7.93. The lowest BCUT2D eigenvalue weighted by Crippen LogP contribution is -2.15. The van der Waals surface area contributed by atoms with Crippen LogP contribution in [0.25, 0.3) is 0 Å². The summed E-state index contributed by atoms with van der Waals surface area (Å²) in [5, 5.41) is 8.81. The fourth-order valence-corrected chi connectivity index (χ4v) is 1.14. The van der Waals surface area contributed by atoms with Gasteiger partial charge in [0.1, 0.15) is 6.10 Å². The summed E-state index contributed by atoms with van der Waals surface area (Å²) in [6, 6.07) is 7.13. The largest absolute Gasteiger partial charge is 0.442 e. The molecule has 14 heavy (non-hydrogen) atoms. The Morgan fingerprint density at radius 2 is 2.07 bits per heavy atom. The van der Waals surface area contributed by atoms with Crippen LogP contribution in [0.3, 0.4) is 0 Å². The number of nitrogens with two attached hydrogens (primary N) is 1. The van der Waals surface area contributed by atoms with Crippen LogP contribution in [0.15, 0.2) is 24.3 Å². The van der Waals surface area contributed by atoms with Gasteiger partial charge in [0.25, 0.3) is 0 Å². The summed E-state index contributed by atoms with van der Waals surface area (Å²) in [7, 11) is 0. The van der Waals surface area contributed by atoms with Crippen LogP contribution in [0.5, 0.6) is 0 Å². The Kier molecular flexibility index (Phi) is 3.48. The van der Waals surface area contributed by atoms with E-state index in [1.54, 1.807) is 31.2 Å². The molecule has 0 aliphatic rings. The number of hydrogen-bond acceptors (Lipinski definition) is 3. The summed E-state index contributed by atoms with van der Waals surface area (Å²) < 4.78 is 4.79. The standard InChI is InChI=1S/C10H13NO3/c1-7(14-10(11)13)9-4-2-8(6-12)3-5-9/h2-5,7,12H,6H2,1H3,(H2,11,13)/t7-/m0/s1. The van der Waals surface area contributed by atoms with Gasteiger partial charge in [-0.3, -0.25) is 0 Å². The Labute approximate surface area is 82.3 Å². The van der Waals surface area contributed by atoms with Crippen molar-refractivity contribution in [2.45, 2.75) is 19.6 Å². The topological polar surface area (TPSA) is 72.5 Å². The molecule has 0 bridgehead atoms. The number of primary amides is 1. The van der Waals surface area contributed by atoms with Gasteiger partial charge >= 0.3 is 6.09 Å². The number of benzene rings is 1. The van der Waals surface area contributed by atoms with Gasteiger partial charge in [0.15, 0.2) is 0 Å². The van der Waals surface area contributed by atoms with E-state index in [0.717, 1.165) is 11.1 Å². The van der Waals surface area contributed by atoms with Gasteiger partial charge in [-0.25, -0.2) is 4.79 Å². The lowest BCUT2D eigenvalue weighted by atomic mass is 10.1. The SMILES string of the molecule is C[C@H](OC(N)=O)c1ccc(CO)cc1. The van der Waals surface area contributed by atoms with Crippen molar-refractivity contribution in [3.8, 4) is 0 Å². The molecule has 1 aromatic carbocycles. The van der Waals surface area contributed by atoms with Crippen LogP contribution in [0.4, 0.5) is 4.79 Å². The van der Waals surface area contributed by atoms with Gasteiger partial charge in [-0.15, -0.1) is 0 Å². The summed E-state index contributed by atoms with van der Waals surface area (Å²) in [5.74, 6) is 0. The average Bonchev–Trinajstić information content (AvgIpc) is 2.17. The Balaban J connectivity index is 2.71. The van der Waals surface area contributed by atoms with Crippen LogP contribution in [-0.2, 0) is 11.3 Å².